The minimum absolute atomic E-state index is 0.155. The average molecular weight is 385 g/mol. The Labute approximate surface area is 162 Å². The Hall–Kier alpha value is -2.64. The summed E-state index contributed by atoms with van der Waals surface area (Å²) in [7, 11) is 0. The second kappa shape index (κ2) is 7.54. The molecule has 0 radical (unpaired) electrons. The molecule has 4 rings (SSSR count). The monoisotopic (exact) mass is 384 g/mol. The molecule has 140 valence electrons. The van der Waals surface area contributed by atoms with E-state index in [0.717, 1.165) is 24.3 Å². The fraction of sp³-hybridized carbons (Fsp3) is 0.316. The van der Waals surface area contributed by atoms with Gasteiger partial charge in [0, 0.05) is 30.4 Å². The molecule has 0 saturated carbocycles. The molecule has 0 amide bonds. The maximum Gasteiger partial charge on any atom is 0.227 e. The Morgan fingerprint density at radius 3 is 2.59 bits per heavy atom. The summed E-state index contributed by atoms with van der Waals surface area (Å²) < 4.78 is 5.78. The summed E-state index contributed by atoms with van der Waals surface area (Å²) >= 11 is 5.94. The quantitative estimate of drug-likeness (QED) is 0.710. The van der Waals surface area contributed by atoms with Gasteiger partial charge in [0.25, 0.3) is 0 Å². The molecule has 8 heteroatoms. The summed E-state index contributed by atoms with van der Waals surface area (Å²) in [5.74, 6) is 2.07. The zero-order valence-corrected chi connectivity index (χ0v) is 15.9. The summed E-state index contributed by atoms with van der Waals surface area (Å²) in [4.78, 5) is 11.2. The second-order valence-corrected chi connectivity index (χ2v) is 7.14. The van der Waals surface area contributed by atoms with Crippen molar-refractivity contribution in [3.8, 4) is 11.3 Å². The van der Waals surface area contributed by atoms with Gasteiger partial charge in [0.2, 0.25) is 5.95 Å². The van der Waals surface area contributed by atoms with E-state index >= 15 is 0 Å². The predicted molar refractivity (Wildman–Crippen MR) is 107 cm³/mol. The fourth-order valence-electron chi connectivity index (χ4n) is 3.21. The van der Waals surface area contributed by atoms with E-state index in [1.54, 1.807) is 6.20 Å². The van der Waals surface area contributed by atoms with Gasteiger partial charge in [-0.25, -0.2) is 4.98 Å². The van der Waals surface area contributed by atoms with Crippen LogP contribution in [0.1, 0.15) is 13.8 Å². The maximum absolute atomic E-state index is 5.94. The van der Waals surface area contributed by atoms with E-state index in [0.29, 0.717) is 22.6 Å². The smallest absolute Gasteiger partial charge is 0.227 e. The number of benzene rings is 1. The van der Waals surface area contributed by atoms with E-state index in [4.69, 9.17) is 16.3 Å². The zero-order valence-electron chi connectivity index (χ0n) is 15.2. The van der Waals surface area contributed by atoms with E-state index < -0.39 is 0 Å². The van der Waals surface area contributed by atoms with Crippen LogP contribution in [0, 0.1) is 0 Å². The minimum atomic E-state index is 0.155. The van der Waals surface area contributed by atoms with Gasteiger partial charge in [-0.1, -0.05) is 23.7 Å². The molecule has 0 unspecified atom stereocenters. The minimum Gasteiger partial charge on any atom is -0.372 e. The maximum atomic E-state index is 5.94. The lowest BCUT2D eigenvalue weighted by Crippen LogP contribution is -2.46. The number of halogens is 1. The Morgan fingerprint density at radius 2 is 1.85 bits per heavy atom. The van der Waals surface area contributed by atoms with Crippen molar-refractivity contribution < 1.29 is 4.74 Å². The van der Waals surface area contributed by atoms with Crippen molar-refractivity contribution in [2.75, 3.05) is 23.3 Å². The summed E-state index contributed by atoms with van der Waals surface area (Å²) in [5, 5.41) is 11.3. The van der Waals surface area contributed by atoms with Crippen molar-refractivity contribution in [2.45, 2.75) is 26.1 Å². The van der Waals surface area contributed by atoms with Crippen molar-refractivity contribution in [3.05, 3.63) is 47.6 Å². The van der Waals surface area contributed by atoms with Crippen LogP contribution in [0.4, 0.5) is 17.6 Å². The first-order valence-corrected chi connectivity index (χ1v) is 9.26. The summed E-state index contributed by atoms with van der Waals surface area (Å²) in [6.07, 6.45) is 2.06. The molecule has 1 aromatic carbocycles. The Morgan fingerprint density at radius 1 is 1.11 bits per heavy atom. The number of anilines is 3. The molecule has 0 spiro atoms. The van der Waals surface area contributed by atoms with Crippen molar-refractivity contribution in [1.29, 1.82) is 0 Å². The molecule has 2 atom stereocenters. The number of rotatable bonds is 4. The number of nitrogens with one attached hydrogen (secondary N) is 2. The third-order valence-corrected chi connectivity index (χ3v) is 4.59. The molecule has 27 heavy (non-hydrogen) atoms. The van der Waals surface area contributed by atoms with E-state index in [-0.39, 0.29) is 12.2 Å². The SMILES string of the molecule is C[C@@H]1CN(c2nccc(Nc3cc(-c4ccc(Cl)cc4)[nH]n3)n2)C[C@H](C)O1. The molecule has 1 fully saturated rings. The molecule has 3 heterocycles. The van der Waals surface area contributed by atoms with E-state index in [2.05, 4.69) is 44.2 Å². The highest BCUT2D eigenvalue weighted by molar-refractivity contribution is 6.30. The van der Waals surface area contributed by atoms with Crippen molar-refractivity contribution in [1.82, 2.24) is 20.2 Å². The lowest BCUT2D eigenvalue weighted by atomic mass is 10.1. The first kappa shape index (κ1) is 17.8. The number of aromatic amines is 1. The molecule has 3 aromatic rings. The first-order valence-electron chi connectivity index (χ1n) is 8.88. The van der Waals surface area contributed by atoms with Crippen LogP contribution in [-0.2, 0) is 4.74 Å². The molecule has 1 aliphatic heterocycles. The summed E-state index contributed by atoms with van der Waals surface area (Å²) in [6, 6.07) is 11.4. The number of hydrogen-bond donors (Lipinski definition) is 2. The molecular formula is C19H21ClN6O. The van der Waals surface area contributed by atoms with Crippen LogP contribution in [0.2, 0.25) is 5.02 Å². The lowest BCUT2D eigenvalue weighted by Gasteiger charge is -2.35. The van der Waals surface area contributed by atoms with E-state index in [9.17, 15) is 0 Å². The van der Waals surface area contributed by atoms with Crippen LogP contribution in [0.3, 0.4) is 0 Å². The first-order chi connectivity index (χ1) is 13.1. The van der Waals surface area contributed by atoms with Gasteiger partial charge in [0.1, 0.15) is 5.82 Å². The number of aromatic nitrogens is 4. The van der Waals surface area contributed by atoms with Crippen molar-refractivity contribution in [2.24, 2.45) is 0 Å². The second-order valence-electron chi connectivity index (χ2n) is 6.70. The molecule has 1 saturated heterocycles. The molecular weight excluding hydrogens is 364 g/mol. The zero-order chi connectivity index (χ0) is 18.8. The molecule has 0 bridgehead atoms. The van der Waals surface area contributed by atoms with E-state index in [1.165, 1.54) is 0 Å². The summed E-state index contributed by atoms with van der Waals surface area (Å²) in [5.41, 5.74) is 1.92. The van der Waals surface area contributed by atoms with Crippen molar-refractivity contribution in [3.63, 3.8) is 0 Å². The number of nitrogens with zero attached hydrogens (tertiary/aromatic N) is 4. The molecule has 0 aliphatic carbocycles. The number of morpholine rings is 1. The van der Waals surface area contributed by atoms with Gasteiger partial charge in [-0.05, 0) is 37.6 Å². The van der Waals surface area contributed by atoms with Gasteiger partial charge < -0.3 is 15.0 Å². The van der Waals surface area contributed by atoms with Crippen LogP contribution >= 0.6 is 11.6 Å². The predicted octanol–water partition coefficient (Wildman–Crippen LogP) is 3.88. The third kappa shape index (κ3) is 4.20. The van der Waals surface area contributed by atoms with Gasteiger partial charge in [0.15, 0.2) is 5.82 Å². The Kier molecular flexibility index (Phi) is 4.96. The highest BCUT2D eigenvalue weighted by atomic mass is 35.5. The summed E-state index contributed by atoms with van der Waals surface area (Å²) in [6.45, 7) is 5.67. The van der Waals surface area contributed by atoms with Crippen LogP contribution in [0.15, 0.2) is 42.6 Å². The highest BCUT2D eigenvalue weighted by Crippen LogP contribution is 2.24. The van der Waals surface area contributed by atoms with Crippen LogP contribution in [-0.4, -0.2) is 45.5 Å². The molecule has 7 nitrogen and oxygen atoms in total. The lowest BCUT2D eigenvalue weighted by molar-refractivity contribution is -0.00571. The number of ether oxygens (including phenoxy) is 1. The average Bonchev–Trinajstić information content (AvgIpc) is 3.10. The normalized spacial score (nSPS) is 19.9. The van der Waals surface area contributed by atoms with E-state index in [1.807, 2.05) is 36.4 Å². The molecule has 2 aromatic heterocycles. The number of H-pyrrole nitrogens is 1. The van der Waals surface area contributed by atoms with Crippen LogP contribution < -0.4 is 10.2 Å². The van der Waals surface area contributed by atoms with Gasteiger partial charge in [-0.15, -0.1) is 0 Å². The van der Waals surface area contributed by atoms with Gasteiger partial charge in [-0.3, -0.25) is 5.10 Å². The van der Waals surface area contributed by atoms with Crippen LogP contribution in [0.25, 0.3) is 11.3 Å². The van der Waals surface area contributed by atoms with Gasteiger partial charge in [-0.2, -0.15) is 10.1 Å². The largest absolute Gasteiger partial charge is 0.372 e. The Balaban J connectivity index is 1.49. The standard InChI is InChI=1S/C19H21ClN6O/c1-12-10-26(11-13(2)27-12)19-21-8-7-17(23-19)22-18-9-16(24-25-18)14-3-5-15(20)6-4-14/h3-9,12-13H,10-11H2,1-2H3,(H2,21,22,23,24,25)/t12-,13+. The molecule has 2 N–H and O–H groups in total. The van der Waals surface area contributed by atoms with Gasteiger partial charge in [0.05, 0.1) is 17.9 Å². The van der Waals surface area contributed by atoms with Crippen LogP contribution in [0.5, 0.6) is 0 Å². The number of hydrogen-bond acceptors (Lipinski definition) is 6. The highest BCUT2D eigenvalue weighted by Gasteiger charge is 2.24. The van der Waals surface area contributed by atoms with Crippen molar-refractivity contribution >= 4 is 29.2 Å². The third-order valence-electron chi connectivity index (χ3n) is 4.33. The fourth-order valence-corrected chi connectivity index (χ4v) is 3.33. The van der Waals surface area contributed by atoms with Gasteiger partial charge >= 0.3 is 0 Å². The Bertz CT molecular complexity index is 903. The topological polar surface area (TPSA) is 79.0 Å². The molecule has 1 aliphatic rings.